The summed E-state index contributed by atoms with van der Waals surface area (Å²) in [7, 11) is 0. The standard InChI is InChI=1S/C13H23N3O/c1-10(2)8-11-15-12(17-16-11)9-13(14)6-4-3-5-7-13/h10H,3-9,14H2,1-2H3. The number of hydrogen-bond donors (Lipinski definition) is 1. The van der Waals surface area contributed by atoms with Crippen molar-refractivity contribution in [2.24, 2.45) is 11.7 Å². The third-order valence-corrected chi connectivity index (χ3v) is 3.45. The molecular weight excluding hydrogens is 214 g/mol. The van der Waals surface area contributed by atoms with Crippen molar-refractivity contribution < 1.29 is 4.52 Å². The highest BCUT2D eigenvalue weighted by Gasteiger charge is 2.29. The maximum Gasteiger partial charge on any atom is 0.228 e. The minimum atomic E-state index is -0.111. The zero-order valence-electron chi connectivity index (χ0n) is 10.9. The molecule has 96 valence electrons. The van der Waals surface area contributed by atoms with Gasteiger partial charge in [-0.1, -0.05) is 38.3 Å². The molecule has 0 radical (unpaired) electrons. The topological polar surface area (TPSA) is 64.9 Å². The summed E-state index contributed by atoms with van der Waals surface area (Å²) in [6, 6.07) is 0. The molecule has 0 unspecified atom stereocenters. The van der Waals surface area contributed by atoms with Crippen LogP contribution < -0.4 is 5.73 Å². The van der Waals surface area contributed by atoms with Crippen LogP contribution in [0.25, 0.3) is 0 Å². The average Bonchev–Trinajstić information content (AvgIpc) is 2.64. The highest BCUT2D eigenvalue weighted by molar-refractivity contribution is 4.97. The van der Waals surface area contributed by atoms with Crippen LogP contribution in [0, 0.1) is 5.92 Å². The van der Waals surface area contributed by atoms with Crippen LogP contribution in [0.3, 0.4) is 0 Å². The van der Waals surface area contributed by atoms with Crippen molar-refractivity contribution in [3.63, 3.8) is 0 Å². The van der Waals surface area contributed by atoms with Gasteiger partial charge in [0.25, 0.3) is 0 Å². The zero-order chi connectivity index (χ0) is 12.3. The van der Waals surface area contributed by atoms with E-state index in [2.05, 4.69) is 24.0 Å². The fraction of sp³-hybridized carbons (Fsp3) is 0.846. The van der Waals surface area contributed by atoms with E-state index in [0.29, 0.717) is 11.8 Å². The summed E-state index contributed by atoms with van der Waals surface area (Å²) in [5.41, 5.74) is 6.26. The first-order valence-electron chi connectivity index (χ1n) is 6.68. The molecule has 0 atom stereocenters. The van der Waals surface area contributed by atoms with Gasteiger partial charge in [-0.2, -0.15) is 4.98 Å². The Morgan fingerprint density at radius 2 is 2.00 bits per heavy atom. The lowest BCUT2D eigenvalue weighted by Gasteiger charge is -2.31. The molecule has 4 heteroatoms. The maximum absolute atomic E-state index is 6.37. The lowest BCUT2D eigenvalue weighted by Crippen LogP contribution is -2.43. The van der Waals surface area contributed by atoms with Crippen LogP contribution in [0.1, 0.15) is 57.7 Å². The zero-order valence-corrected chi connectivity index (χ0v) is 10.9. The monoisotopic (exact) mass is 237 g/mol. The largest absolute Gasteiger partial charge is 0.339 e. The molecule has 0 spiro atoms. The van der Waals surface area contributed by atoms with Gasteiger partial charge < -0.3 is 10.3 Å². The fourth-order valence-corrected chi connectivity index (χ4v) is 2.54. The summed E-state index contributed by atoms with van der Waals surface area (Å²) in [6.45, 7) is 4.31. The van der Waals surface area contributed by atoms with Crippen LogP contribution in [0.4, 0.5) is 0 Å². The molecule has 1 aromatic heterocycles. The molecule has 1 aromatic rings. The molecule has 1 aliphatic rings. The third kappa shape index (κ3) is 3.53. The van der Waals surface area contributed by atoms with E-state index in [-0.39, 0.29) is 5.54 Å². The summed E-state index contributed by atoms with van der Waals surface area (Å²) in [5.74, 6) is 2.08. The first kappa shape index (κ1) is 12.6. The summed E-state index contributed by atoms with van der Waals surface area (Å²) in [4.78, 5) is 4.43. The van der Waals surface area contributed by atoms with E-state index in [1.54, 1.807) is 0 Å². The predicted molar refractivity (Wildman–Crippen MR) is 66.5 cm³/mol. The van der Waals surface area contributed by atoms with Crippen LogP contribution in [-0.2, 0) is 12.8 Å². The first-order chi connectivity index (χ1) is 8.07. The van der Waals surface area contributed by atoms with Crippen LogP contribution in [0.15, 0.2) is 4.52 Å². The number of nitrogens with two attached hydrogens (primary N) is 1. The molecule has 1 heterocycles. The second-order valence-electron chi connectivity index (χ2n) is 5.80. The number of aromatic nitrogens is 2. The van der Waals surface area contributed by atoms with Crippen molar-refractivity contribution >= 4 is 0 Å². The molecule has 1 fully saturated rings. The number of hydrogen-bond acceptors (Lipinski definition) is 4. The van der Waals surface area contributed by atoms with Gasteiger partial charge in [0.15, 0.2) is 5.82 Å². The number of rotatable bonds is 4. The van der Waals surface area contributed by atoms with Crippen LogP contribution in [-0.4, -0.2) is 15.7 Å². The van der Waals surface area contributed by atoms with Gasteiger partial charge in [-0.25, -0.2) is 0 Å². The predicted octanol–water partition coefficient (Wildman–Crippen LogP) is 2.47. The van der Waals surface area contributed by atoms with E-state index in [9.17, 15) is 0 Å². The van der Waals surface area contributed by atoms with Gasteiger partial charge in [0.05, 0.1) is 0 Å². The van der Waals surface area contributed by atoms with E-state index in [0.717, 1.165) is 31.5 Å². The highest BCUT2D eigenvalue weighted by Crippen LogP contribution is 2.28. The minimum absolute atomic E-state index is 0.111. The SMILES string of the molecule is CC(C)Cc1noc(CC2(N)CCCCC2)n1. The summed E-state index contributed by atoms with van der Waals surface area (Å²) < 4.78 is 5.29. The average molecular weight is 237 g/mol. The minimum Gasteiger partial charge on any atom is -0.339 e. The molecule has 0 amide bonds. The van der Waals surface area contributed by atoms with Gasteiger partial charge >= 0.3 is 0 Å². The second-order valence-corrected chi connectivity index (χ2v) is 5.80. The molecular formula is C13H23N3O. The summed E-state index contributed by atoms with van der Waals surface area (Å²) in [5, 5.41) is 4.01. The van der Waals surface area contributed by atoms with Crippen molar-refractivity contribution in [3.05, 3.63) is 11.7 Å². The van der Waals surface area contributed by atoms with E-state index in [4.69, 9.17) is 10.3 Å². The van der Waals surface area contributed by atoms with Gasteiger partial charge in [-0.3, -0.25) is 0 Å². The Morgan fingerprint density at radius 1 is 1.29 bits per heavy atom. The normalized spacial score (nSPS) is 19.8. The van der Waals surface area contributed by atoms with Gasteiger partial charge in [0.2, 0.25) is 5.89 Å². The Morgan fingerprint density at radius 3 is 2.65 bits per heavy atom. The summed E-state index contributed by atoms with van der Waals surface area (Å²) in [6.07, 6.45) is 7.53. The lowest BCUT2D eigenvalue weighted by molar-refractivity contribution is 0.260. The van der Waals surface area contributed by atoms with Crippen molar-refractivity contribution in [1.29, 1.82) is 0 Å². The third-order valence-electron chi connectivity index (χ3n) is 3.45. The van der Waals surface area contributed by atoms with Crippen LogP contribution in [0.5, 0.6) is 0 Å². The Hall–Kier alpha value is -0.900. The Balaban J connectivity index is 1.96. The maximum atomic E-state index is 6.37. The Bertz CT molecular complexity index is 353. The van der Waals surface area contributed by atoms with Crippen LogP contribution >= 0.6 is 0 Å². The van der Waals surface area contributed by atoms with Crippen molar-refractivity contribution in [1.82, 2.24) is 10.1 Å². The van der Waals surface area contributed by atoms with Crippen molar-refractivity contribution in [3.8, 4) is 0 Å². The molecule has 2 N–H and O–H groups in total. The smallest absolute Gasteiger partial charge is 0.228 e. The quantitative estimate of drug-likeness (QED) is 0.873. The van der Waals surface area contributed by atoms with E-state index >= 15 is 0 Å². The molecule has 0 aromatic carbocycles. The Kier molecular flexibility index (Phi) is 3.82. The van der Waals surface area contributed by atoms with Gasteiger partial charge in [0.1, 0.15) is 0 Å². The molecule has 1 aliphatic carbocycles. The van der Waals surface area contributed by atoms with Gasteiger partial charge in [-0.15, -0.1) is 0 Å². The summed E-state index contributed by atoms with van der Waals surface area (Å²) >= 11 is 0. The molecule has 4 nitrogen and oxygen atoms in total. The first-order valence-corrected chi connectivity index (χ1v) is 6.68. The highest BCUT2D eigenvalue weighted by atomic mass is 16.5. The number of nitrogens with zero attached hydrogens (tertiary/aromatic N) is 2. The molecule has 0 bridgehead atoms. The molecule has 2 rings (SSSR count). The van der Waals surface area contributed by atoms with Gasteiger partial charge in [-0.05, 0) is 18.8 Å². The molecule has 0 aliphatic heterocycles. The molecule has 17 heavy (non-hydrogen) atoms. The fourth-order valence-electron chi connectivity index (χ4n) is 2.54. The second kappa shape index (κ2) is 5.17. The lowest BCUT2D eigenvalue weighted by atomic mass is 9.80. The van der Waals surface area contributed by atoms with Gasteiger partial charge in [0, 0.05) is 18.4 Å². The van der Waals surface area contributed by atoms with Crippen molar-refractivity contribution in [2.45, 2.75) is 64.3 Å². The van der Waals surface area contributed by atoms with E-state index in [1.807, 2.05) is 0 Å². The van der Waals surface area contributed by atoms with Crippen molar-refractivity contribution in [2.75, 3.05) is 0 Å². The molecule has 1 saturated carbocycles. The molecule has 0 saturated heterocycles. The van der Waals surface area contributed by atoms with E-state index in [1.165, 1.54) is 19.3 Å². The Labute approximate surface area is 103 Å². The van der Waals surface area contributed by atoms with Crippen LogP contribution in [0.2, 0.25) is 0 Å². The van der Waals surface area contributed by atoms with E-state index < -0.39 is 0 Å².